The van der Waals surface area contributed by atoms with Crippen LogP contribution in [0.5, 0.6) is 11.5 Å². The summed E-state index contributed by atoms with van der Waals surface area (Å²) in [4.78, 5) is 38.7. The third-order valence-corrected chi connectivity index (χ3v) is 5.63. The predicted molar refractivity (Wildman–Crippen MR) is 149 cm³/mol. The molecule has 1 aromatic heterocycles. The van der Waals surface area contributed by atoms with Crippen molar-refractivity contribution in [3.8, 4) is 11.5 Å². The van der Waals surface area contributed by atoms with Crippen molar-refractivity contribution in [3.05, 3.63) is 125 Å². The number of ketones is 1. The van der Waals surface area contributed by atoms with Crippen molar-refractivity contribution in [2.24, 2.45) is 0 Å². The van der Waals surface area contributed by atoms with E-state index in [9.17, 15) is 14.4 Å². The van der Waals surface area contributed by atoms with E-state index in [1.807, 2.05) is 0 Å². The van der Waals surface area contributed by atoms with Crippen LogP contribution >= 0.6 is 0 Å². The molecule has 0 radical (unpaired) electrons. The molecule has 196 valence electrons. The Labute approximate surface area is 225 Å². The second-order valence-corrected chi connectivity index (χ2v) is 8.21. The first-order chi connectivity index (χ1) is 19.0. The highest BCUT2D eigenvalue weighted by Gasteiger charge is 2.17. The van der Waals surface area contributed by atoms with Gasteiger partial charge in [-0.2, -0.15) is 0 Å². The van der Waals surface area contributed by atoms with Gasteiger partial charge in [0.1, 0.15) is 11.5 Å². The molecule has 4 rings (SSSR count). The standard InChI is InChI=1S/C31H26N2O6/c1-37-28-12-6-10-23(29(28)38-2)20-26(33-30(35)22-8-4-3-5-9-22)31(36)32-24-15-13-21(14-16-24)27(34)18-17-25-11-7-19-39-25/h3-20H,1-2H3,(H,32,36)(H,33,35)/b18-17+,26-20-. The van der Waals surface area contributed by atoms with Crippen molar-refractivity contribution in [1.82, 2.24) is 5.32 Å². The molecule has 2 amide bonds. The Morgan fingerprint density at radius 2 is 1.56 bits per heavy atom. The maximum absolute atomic E-state index is 13.3. The number of hydrogen-bond donors (Lipinski definition) is 2. The van der Waals surface area contributed by atoms with Crippen LogP contribution in [0, 0.1) is 0 Å². The van der Waals surface area contributed by atoms with Crippen LogP contribution < -0.4 is 20.1 Å². The Balaban J connectivity index is 1.57. The lowest BCUT2D eigenvalue weighted by atomic mass is 10.1. The number of rotatable bonds is 10. The number of nitrogens with one attached hydrogen (secondary N) is 2. The normalized spacial score (nSPS) is 11.2. The molecule has 8 heteroatoms. The minimum Gasteiger partial charge on any atom is -0.493 e. The molecule has 0 aliphatic heterocycles. The number of carbonyl (C=O) groups excluding carboxylic acids is 3. The zero-order chi connectivity index (χ0) is 27.6. The fourth-order valence-electron chi connectivity index (χ4n) is 3.68. The van der Waals surface area contributed by atoms with E-state index >= 15 is 0 Å². The highest BCUT2D eigenvalue weighted by atomic mass is 16.5. The molecule has 0 saturated carbocycles. The maximum Gasteiger partial charge on any atom is 0.272 e. The quantitative estimate of drug-likeness (QED) is 0.207. The molecule has 0 atom stereocenters. The van der Waals surface area contributed by atoms with E-state index in [0.29, 0.717) is 39.6 Å². The van der Waals surface area contributed by atoms with E-state index in [2.05, 4.69) is 10.6 Å². The zero-order valence-electron chi connectivity index (χ0n) is 21.3. The van der Waals surface area contributed by atoms with Crippen molar-refractivity contribution < 1.29 is 28.3 Å². The average molecular weight is 523 g/mol. The summed E-state index contributed by atoms with van der Waals surface area (Å²) >= 11 is 0. The van der Waals surface area contributed by atoms with Gasteiger partial charge in [-0.25, -0.2) is 0 Å². The Morgan fingerprint density at radius 1 is 0.795 bits per heavy atom. The third kappa shape index (κ3) is 6.90. The molecule has 1 heterocycles. The monoisotopic (exact) mass is 522 g/mol. The van der Waals surface area contributed by atoms with Crippen molar-refractivity contribution in [1.29, 1.82) is 0 Å². The molecule has 0 bridgehead atoms. The van der Waals surface area contributed by atoms with Gasteiger partial charge in [-0.15, -0.1) is 0 Å². The van der Waals surface area contributed by atoms with Gasteiger partial charge in [0, 0.05) is 22.4 Å². The van der Waals surface area contributed by atoms with Gasteiger partial charge in [0.2, 0.25) is 0 Å². The van der Waals surface area contributed by atoms with Crippen LogP contribution in [0.4, 0.5) is 5.69 Å². The molecule has 2 N–H and O–H groups in total. The molecule has 0 aliphatic carbocycles. The molecule has 0 fully saturated rings. The fraction of sp³-hybridized carbons (Fsp3) is 0.0645. The van der Waals surface area contributed by atoms with E-state index in [1.54, 1.807) is 91.0 Å². The lowest BCUT2D eigenvalue weighted by molar-refractivity contribution is -0.113. The van der Waals surface area contributed by atoms with Crippen LogP contribution in [-0.4, -0.2) is 31.8 Å². The molecule has 8 nitrogen and oxygen atoms in total. The van der Waals surface area contributed by atoms with Crippen molar-refractivity contribution >= 4 is 35.4 Å². The number of allylic oxidation sites excluding steroid dienone is 1. The molecule has 0 saturated heterocycles. The summed E-state index contributed by atoms with van der Waals surface area (Å²) in [5, 5.41) is 5.46. The molecule has 39 heavy (non-hydrogen) atoms. The molecular formula is C31H26N2O6. The van der Waals surface area contributed by atoms with Crippen LogP contribution in [-0.2, 0) is 4.79 Å². The minimum atomic E-state index is -0.569. The third-order valence-electron chi connectivity index (χ3n) is 5.63. The van der Waals surface area contributed by atoms with Crippen molar-refractivity contribution in [3.63, 3.8) is 0 Å². The van der Waals surface area contributed by atoms with E-state index in [4.69, 9.17) is 13.9 Å². The summed E-state index contributed by atoms with van der Waals surface area (Å²) in [5.74, 6) is 0.206. The summed E-state index contributed by atoms with van der Waals surface area (Å²) in [6, 6.07) is 23.6. The summed E-state index contributed by atoms with van der Waals surface area (Å²) in [6.45, 7) is 0. The number of ether oxygens (including phenoxy) is 2. The molecule has 0 spiro atoms. The van der Waals surface area contributed by atoms with Crippen molar-refractivity contribution in [2.75, 3.05) is 19.5 Å². The SMILES string of the molecule is COc1cccc(/C=C(\NC(=O)c2ccccc2)C(=O)Nc2ccc(C(=O)/C=C/c3ccco3)cc2)c1OC. The van der Waals surface area contributed by atoms with Gasteiger partial charge in [-0.3, -0.25) is 14.4 Å². The van der Waals surface area contributed by atoms with E-state index in [0.717, 1.165) is 0 Å². The summed E-state index contributed by atoms with van der Waals surface area (Å²) in [5.41, 5.74) is 1.77. The lowest BCUT2D eigenvalue weighted by Crippen LogP contribution is -2.30. The maximum atomic E-state index is 13.3. The second kappa shape index (κ2) is 12.7. The van der Waals surface area contributed by atoms with Gasteiger partial charge in [-0.1, -0.05) is 30.3 Å². The highest BCUT2D eigenvalue weighted by Crippen LogP contribution is 2.32. The van der Waals surface area contributed by atoms with Crippen LogP contribution in [0.1, 0.15) is 32.0 Å². The van der Waals surface area contributed by atoms with Gasteiger partial charge in [0.25, 0.3) is 11.8 Å². The number of methoxy groups -OCH3 is 2. The topological polar surface area (TPSA) is 107 Å². The Hall–Kier alpha value is -5.37. The first-order valence-electron chi connectivity index (χ1n) is 11.9. The fourth-order valence-corrected chi connectivity index (χ4v) is 3.68. The van der Waals surface area contributed by atoms with Crippen LogP contribution in [0.3, 0.4) is 0 Å². The average Bonchev–Trinajstić information content (AvgIpc) is 3.50. The largest absolute Gasteiger partial charge is 0.493 e. The number of carbonyl (C=O) groups is 3. The number of amides is 2. The van der Waals surface area contributed by atoms with Gasteiger partial charge < -0.3 is 24.5 Å². The first-order valence-corrected chi connectivity index (χ1v) is 11.9. The molecule has 4 aromatic rings. The van der Waals surface area contributed by atoms with Gasteiger partial charge in [-0.05, 0) is 72.8 Å². The Kier molecular flexibility index (Phi) is 8.71. The molecule has 0 aliphatic rings. The molecule has 0 unspecified atom stereocenters. The predicted octanol–water partition coefficient (Wildman–Crippen LogP) is 5.60. The van der Waals surface area contributed by atoms with Crippen molar-refractivity contribution in [2.45, 2.75) is 0 Å². The summed E-state index contributed by atoms with van der Waals surface area (Å²) < 4.78 is 16.0. The van der Waals surface area contributed by atoms with Gasteiger partial charge >= 0.3 is 0 Å². The van der Waals surface area contributed by atoms with Gasteiger partial charge in [0.15, 0.2) is 17.3 Å². The molecular weight excluding hydrogens is 496 g/mol. The van der Waals surface area contributed by atoms with Crippen LogP contribution in [0.25, 0.3) is 12.2 Å². The van der Waals surface area contributed by atoms with Gasteiger partial charge in [0.05, 0.1) is 20.5 Å². The number of anilines is 1. The second-order valence-electron chi connectivity index (χ2n) is 8.21. The number of benzene rings is 3. The van der Waals surface area contributed by atoms with E-state index in [-0.39, 0.29) is 11.5 Å². The number of para-hydroxylation sites is 1. The lowest BCUT2D eigenvalue weighted by Gasteiger charge is -2.14. The summed E-state index contributed by atoms with van der Waals surface area (Å²) in [6.07, 6.45) is 6.02. The first kappa shape index (κ1) is 26.7. The van der Waals surface area contributed by atoms with Crippen LogP contribution in [0.15, 0.2) is 107 Å². The Bertz CT molecular complexity index is 1500. The highest BCUT2D eigenvalue weighted by molar-refractivity contribution is 6.11. The van der Waals surface area contributed by atoms with Crippen LogP contribution in [0.2, 0.25) is 0 Å². The van der Waals surface area contributed by atoms with E-state index < -0.39 is 11.8 Å². The minimum absolute atomic E-state index is 0.0167. The smallest absolute Gasteiger partial charge is 0.272 e. The Morgan fingerprint density at radius 3 is 2.23 bits per heavy atom. The van der Waals surface area contributed by atoms with E-state index in [1.165, 1.54) is 32.6 Å². The summed E-state index contributed by atoms with van der Waals surface area (Å²) in [7, 11) is 3.00. The molecule has 3 aromatic carbocycles. The number of hydrogen-bond acceptors (Lipinski definition) is 6. The number of furan rings is 1. The zero-order valence-corrected chi connectivity index (χ0v) is 21.3.